The third kappa shape index (κ3) is 6.62. The molecule has 1 aliphatic heterocycles. The summed E-state index contributed by atoms with van der Waals surface area (Å²) in [5.41, 5.74) is 10.8. The maximum absolute atomic E-state index is 12.9. The summed E-state index contributed by atoms with van der Waals surface area (Å²) >= 11 is 0. The number of aromatic nitrogens is 2. The highest BCUT2D eigenvalue weighted by Crippen LogP contribution is 2.28. The van der Waals surface area contributed by atoms with Gasteiger partial charge in [0.1, 0.15) is 18.7 Å². The minimum absolute atomic E-state index is 0.286. The summed E-state index contributed by atoms with van der Waals surface area (Å²) in [6, 6.07) is 12.9. The summed E-state index contributed by atoms with van der Waals surface area (Å²) in [7, 11) is 0. The molecule has 9 heteroatoms. The number of rotatable bonds is 4. The summed E-state index contributed by atoms with van der Waals surface area (Å²) < 4.78 is 11.7. The Morgan fingerprint density at radius 1 is 1.03 bits per heavy atom. The fraction of sp³-hybridized carbons (Fsp3) is 0.308. The molecule has 4 rings (SSSR count). The molecule has 1 amide bonds. The molecular weight excluding hydrogens is 448 g/mol. The Labute approximate surface area is 203 Å². The Kier molecular flexibility index (Phi) is 8.02. The van der Waals surface area contributed by atoms with Crippen LogP contribution in [0.1, 0.15) is 23.1 Å². The van der Waals surface area contributed by atoms with Gasteiger partial charge in [-0.1, -0.05) is 30.3 Å². The van der Waals surface area contributed by atoms with E-state index in [2.05, 4.69) is 16.0 Å². The van der Waals surface area contributed by atoms with Gasteiger partial charge in [-0.15, -0.1) is 0 Å². The van der Waals surface area contributed by atoms with Gasteiger partial charge < -0.3 is 25.2 Å². The van der Waals surface area contributed by atoms with E-state index >= 15 is 0 Å². The van der Waals surface area contributed by atoms with E-state index in [4.69, 9.17) is 20.3 Å². The average molecular weight is 477 g/mol. The number of benzene rings is 2. The highest BCUT2D eigenvalue weighted by atomic mass is 16.5. The molecule has 0 saturated heterocycles. The highest BCUT2D eigenvalue weighted by molar-refractivity contribution is 5.86. The van der Waals surface area contributed by atoms with Crippen molar-refractivity contribution >= 4 is 11.9 Å². The Balaban J connectivity index is 1.62. The van der Waals surface area contributed by atoms with E-state index in [9.17, 15) is 9.59 Å². The molecule has 2 heterocycles. The normalized spacial score (nSPS) is 15.3. The van der Waals surface area contributed by atoms with Gasteiger partial charge in [0.15, 0.2) is 0 Å². The molecule has 3 aromatic rings. The Morgan fingerprint density at radius 2 is 1.83 bits per heavy atom. The molecule has 0 radical (unpaired) electrons. The molecule has 2 bridgehead atoms. The van der Waals surface area contributed by atoms with Gasteiger partial charge in [-0.3, -0.25) is 9.59 Å². The zero-order chi connectivity index (χ0) is 24.6. The number of hydrogen-bond acceptors (Lipinski definition) is 7. The molecule has 2 aromatic carbocycles. The van der Waals surface area contributed by atoms with E-state index in [1.807, 2.05) is 36.4 Å². The minimum Gasteiger partial charge on any atom is -0.491 e. The fourth-order valence-corrected chi connectivity index (χ4v) is 4.03. The van der Waals surface area contributed by atoms with Crippen LogP contribution < -0.4 is 10.5 Å². The van der Waals surface area contributed by atoms with Crippen molar-refractivity contribution < 1.29 is 24.2 Å². The van der Waals surface area contributed by atoms with E-state index < -0.39 is 24.3 Å². The van der Waals surface area contributed by atoms with E-state index in [1.165, 1.54) is 6.33 Å². The van der Waals surface area contributed by atoms with Crippen LogP contribution >= 0.6 is 0 Å². The summed E-state index contributed by atoms with van der Waals surface area (Å²) in [6.07, 6.45) is 5.25. The molecule has 0 spiro atoms. The number of carboxylic acids is 1. The van der Waals surface area contributed by atoms with Gasteiger partial charge in [0.2, 0.25) is 5.91 Å². The van der Waals surface area contributed by atoms with Crippen LogP contribution in [0.25, 0.3) is 11.1 Å². The summed E-state index contributed by atoms with van der Waals surface area (Å²) in [4.78, 5) is 33.7. The molecule has 0 saturated carbocycles. The number of ether oxygens (including phenoxy) is 2. The SMILES string of the molecule is N[C@@H](CC(=O)O)C(=O)N1CCOCCOc2ccc(-c3cncnc3)cc2Cc2cccc(c2)C1. The van der Waals surface area contributed by atoms with Gasteiger partial charge in [-0.25, -0.2) is 9.97 Å². The van der Waals surface area contributed by atoms with E-state index in [0.29, 0.717) is 32.7 Å². The molecule has 1 aromatic heterocycles. The second-order valence-corrected chi connectivity index (χ2v) is 8.37. The lowest BCUT2D eigenvalue weighted by molar-refractivity contribution is -0.142. The second kappa shape index (κ2) is 11.5. The van der Waals surface area contributed by atoms with Crippen LogP contribution in [0.2, 0.25) is 0 Å². The summed E-state index contributed by atoms with van der Waals surface area (Å²) in [6.45, 7) is 1.60. The van der Waals surface area contributed by atoms with E-state index in [0.717, 1.165) is 33.6 Å². The first kappa shape index (κ1) is 24.3. The lowest BCUT2D eigenvalue weighted by atomic mass is 9.98. The number of carbonyl (C=O) groups is 2. The van der Waals surface area contributed by atoms with Crippen LogP contribution in [0.4, 0.5) is 0 Å². The third-order valence-corrected chi connectivity index (χ3v) is 5.73. The summed E-state index contributed by atoms with van der Waals surface area (Å²) in [5, 5.41) is 9.03. The number of hydrogen-bond donors (Lipinski definition) is 2. The zero-order valence-electron chi connectivity index (χ0n) is 19.3. The lowest BCUT2D eigenvalue weighted by Gasteiger charge is -2.26. The van der Waals surface area contributed by atoms with Crippen molar-refractivity contribution in [2.24, 2.45) is 5.73 Å². The second-order valence-electron chi connectivity index (χ2n) is 8.37. The van der Waals surface area contributed by atoms with Crippen molar-refractivity contribution in [3.63, 3.8) is 0 Å². The average Bonchev–Trinajstić information content (AvgIpc) is 2.85. The van der Waals surface area contributed by atoms with Gasteiger partial charge in [0.25, 0.3) is 0 Å². The van der Waals surface area contributed by atoms with Crippen molar-refractivity contribution in [2.75, 3.05) is 26.4 Å². The minimum atomic E-state index is -1.11. The number of nitrogens with two attached hydrogens (primary N) is 1. The van der Waals surface area contributed by atoms with Gasteiger partial charge in [-0.05, 0) is 34.4 Å². The van der Waals surface area contributed by atoms with Crippen molar-refractivity contribution in [3.8, 4) is 16.9 Å². The van der Waals surface area contributed by atoms with Gasteiger partial charge in [0, 0.05) is 37.5 Å². The molecule has 0 aliphatic carbocycles. The van der Waals surface area contributed by atoms with Crippen molar-refractivity contribution in [1.29, 1.82) is 0 Å². The number of nitrogens with zero attached hydrogens (tertiary/aromatic N) is 3. The standard InChI is InChI=1S/C26H28N4O5/c27-23(13-25(31)32)26(33)30-6-7-34-8-9-35-24-5-4-20(22-14-28-17-29-15-22)12-21(24)11-18-2-1-3-19(10-18)16-30/h1-5,10,12,14-15,17,23H,6-9,11,13,16,27H2,(H,31,32)/t23-/m0/s1. The first-order chi connectivity index (χ1) is 17.0. The monoisotopic (exact) mass is 476 g/mol. The fourth-order valence-electron chi connectivity index (χ4n) is 4.03. The van der Waals surface area contributed by atoms with Crippen LogP contribution in [0.5, 0.6) is 5.75 Å². The van der Waals surface area contributed by atoms with Crippen molar-refractivity contribution in [1.82, 2.24) is 14.9 Å². The van der Waals surface area contributed by atoms with Crippen molar-refractivity contribution in [3.05, 3.63) is 77.9 Å². The molecule has 3 N–H and O–H groups in total. The number of fused-ring (bicyclic) bond motifs is 3. The number of carbonyl (C=O) groups excluding carboxylic acids is 1. The van der Waals surface area contributed by atoms with Crippen LogP contribution in [0.3, 0.4) is 0 Å². The Morgan fingerprint density at radius 3 is 2.63 bits per heavy atom. The maximum atomic E-state index is 12.9. The number of amides is 1. The lowest BCUT2D eigenvalue weighted by Crippen LogP contribution is -2.45. The van der Waals surface area contributed by atoms with Crippen molar-refractivity contribution in [2.45, 2.75) is 25.4 Å². The predicted octanol–water partition coefficient (Wildman–Crippen LogP) is 2.27. The molecule has 35 heavy (non-hydrogen) atoms. The van der Waals surface area contributed by atoms with E-state index in [1.54, 1.807) is 17.3 Å². The topological polar surface area (TPSA) is 128 Å². The predicted molar refractivity (Wildman–Crippen MR) is 129 cm³/mol. The molecule has 182 valence electrons. The van der Waals surface area contributed by atoms with Crippen LogP contribution in [0.15, 0.2) is 61.2 Å². The van der Waals surface area contributed by atoms with Gasteiger partial charge in [-0.2, -0.15) is 0 Å². The largest absolute Gasteiger partial charge is 0.491 e. The zero-order valence-corrected chi connectivity index (χ0v) is 19.3. The molecular formula is C26H28N4O5. The van der Waals surface area contributed by atoms with Crippen LogP contribution in [0, 0.1) is 0 Å². The molecule has 1 atom stereocenters. The van der Waals surface area contributed by atoms with E-state index in [-0.39, 0.29) is 6.61 Å². The molecule has 0 unspecified atom stereocenters. The highest BCUT2D eigenvalue weighted by Gasteiger charge is 2.23. The van der Waals surface area contributed by atoms with Crippen LogP contribution in [-0.2, 0) is 27.3 Å². The summed E-state index contributed by atoms with van der Waals surface area (Å²) in [5.74, 6) is -0.735. The molecule has 9 nitrogen and oxygen atoms in total. The smallest absolute Gasteiger partial charge is 0.305 e. The molecule has 1 aliphatic rings. The number of carboxylic acid groups (broad SMARTS) is 1. The quantitative estimate of drug-likeness (QED) is 0.587. The number of aliphatic carboxylic acids is 1. The molecule has 0 fully saturated rings. The Bertz CT molecular complexity index is 1170. The van der Waals surface area contributed by atoms with Crippen LogP contribution in [-0.4, -0.2) is 64.3 Å². The first-order valence-corrected chi connectivity index (χ1v) is 11.4. The first-order valence-electron chi connectivity index (χ1n) is 11.4. The third-order valence-electron chi connectivity index (χ3n) is 5.73. The van der Waals surface area contributed by atoms with Gasteiger partial charge >= 0.3 is 5.97 Å². The van der Waals surface area contributed by atoms with Gasteiger partial charge in [0.05, 0.1) is 25.7 Å². The maximum Gasteiger partial charge on any atom is 0.305 e. The Hall–Kier alpha value is -3.82.